The molecule has 0 aliphatic carbocycles. The molecule has 4 nitrogen and oxygen atoms in total. The highest BCUT2D eigenvalue weighted by atomic mass is 32.1. The zero-order valence-electron chi connectivity index (χ0n) is 13.7. The number of carbonyl (C=O) groups excluding carboxylic acids is 1. The summed E-state index contributed by atoms with van der Waals surface area (Å²) in [6.07, 6.45) is 0.400. The summed E-state index contributed by atoms with van der Waals surface area (Å²) in [4.78, 5) is 25.5. The van der Waals surface area contributed by atoms with E-state index in [9.17, 15) is 14.7 Å². The number of benzene rings is 2. The van der Waals surface area contributed by atoms with E-state index in [0.29, 0.717) is 18.5 Å². The maximum Gasteiger partial charge on any atom is 0.326 e. The van der Waals surface area contributed by atoms with Crippen molar-refractivity contribution >= 4 is 33.3 Å². The smallest absolute Gasteiger partial charge is 0.326 e. The van der Waals surface area contributed by atoms with Crippen LogP contribution in [0.2, 0.25) is 0 Å². The van der Waals surface area contributed by atoms with Crippen molar-refractivity contribution in [2.75, 3.05) is 0 Å². The molecule has 5 heteroatoms. The summed E-state index contributed by atoms with van der Waals surface area (Å²) < 4.78 is 1.23. The van der Waals surface area contributed by atoms with Gasteiger partial charge in [0, 0.05) is 27.8 Å². The fraction of sp³-hybridized carbons (Fsp3) is 0.200. The molecular weight excluding hydrogens is 334 g/mol. The highest BCUT2D eigenvalue weighted by Gasteiger charge is 2.35. The van der Waals surface area contributed by atoms with Gasteiger partial charge in [-0.2, -0.15) is 0 Å². The molecule has 1 atom stereocenters. The molecule has 1 aliphatic rings. The Labute approximate surface area is 149 Å². The van der Waals surface area contributed by atoms with Crippen LogP contribution >= 0.6 is 11.3 Å². The normalized spacial score (nSPS) is 14.8. The number of carbonyl (C=O) groups is 2. The molecule has 0 radical (unpaired) electrons. The van der Waals surface area contributed by atoms with Crippen molar-refractivity contribution in [3.05, 3.63) is 59.0 Å². The fourth-order valence-corrected chi connectivity index (χ4v) is 4.46. The Bertz CT molecular complexity index is 992. The number of amides is 1. The first-order chi connectivity index (χ1) is 12.1. The maximum atomic E-state index is 12.6. The van der Waals surface area contributed by atoms with Gasteiger partial charge in [-0.05, 0) is 41.1 Å². The predicted octanol–water partition coefficient (Wildman–Crippen LogP) is 4.39. The predicted molar refractivity (Wildman–Crippen MR) is 98.8 cm³/mol. The van der Waals surface area contributed by atoms with Gasteiger partial charge in [-0.1, -0.05) is 31.2 Å². The van der Waals surface area contributed by atoms with E-state index in [0.717, 1.165) is 16.7 Å². The Morgan fingerprint density at radius 2 is 2.04 bits per heavy atom. The molecule has 0 bridgehead atoms. The first-order valence-corrected chi connectivity index (χ1v) is 9.11. The van der Waals surface area contributed by atoms with E-state index < -0.39 is 12.0 Å². The monoisotopic (exact) mass is 351 g/mol. The molecule has 0 unspecified atom stereocenters. The van der Waals surface area contributed by atoms with Gasteiger partial charge in [-0.15, -0.1) is 11.3 Å². The van der Waals surface area contributed by atoms with Gasteiger partial charge in [0.05, 0.1) is 0 Å². The van der Waals surface area contributed by atoms with Crippen molar-refractivity contribution in [2.45, 2.75) is 25.9 Å². The first kappa shape index (κ1) is 15.8. The molecule has 0 spiro atoms. The minimum atomic E-state index is -0.951. The van der Waals surface area contributed by atoms with Crippen LogP contribution in [0.15, 0.2) is 47.8 Å². The van der Waals surface area contributed by atoms with Crippen LogP contribution in [0.5, 0.6) is 0 Å². The third-order valence-corrected chi connectivity index (χ3v) is 5.74. The molecule has 2 aromatic carbocycles. The quantitative estimate of drug-likeness (QED) is 0.758. The number of carboxylic acid groups (broad SMARTS) is 1. The standard InChI is InChI=1S/C20H17NO3S/c1-2-17(20(23)24)21-10-13-9-12(7-8-14(13)19(21)22)16-11-25-18-6-4-3-5-15(16)18/h3-9,11,17H,2,10H2,1H3,(H,23,24)/t17-/m0/s1. The van der Waals surface area contributed by atoms with Gasteiger partial charge in [-0.3, -0.25) is 4.79 Å². The van der Waals surface area contributed by atoms with Gasteiger partial charge in [0.25, 0.3) is 5.91 Å². The number of fused-ring (bicyclic) bond motifs is 2. The van der Waals surface area contributed by atoms with Crippen molar-refractivity contribution in [1.82, 2.24) is 4.90 Å². The number of carboxylic acids is 1. The summed E-state index contributed by atoms with van der Waals surface area (Å²) in [5.74, 6) is -1.14. The number of hydrogen-bond acceptors (Lipinski definition) is 3. The summed E-state index contributed by atoms with van der Waals surface area (Å²) in [5, 5.41) is 12.7. The van der Waals surface area contributed by atoms with E-state index in [1.54, 1.807) is 18.3 Å². The van der Waals surface area contributed by atoms with E-state index in [-0.39, 0.29) is 5.91 Å². The van der Waals surface area contributed by atoms with Crippen molar-refractivity contribution in [1.29, 1.82) is 0 Å². The number of nitrogens with zero attached hydrogens (tertiary/aromatic N) is 1. The molecule has 1 aromatic heterocycles. The fourth-order valence-electron chi connectivity index (χ4n) is 3.49. The molecular formula is C20H17NO3S. The molecule has 3 aromatic rings. The average molecular weight is 351 g/mol. The Hall–Kier alpha value is -2.66. The van der Waals surface area contributed by atoms with Crippen LogP contribution < -0.4 is 0 Å². The molecule has 1 aliphatic heterocycles. The lowest BCUT2D eigenvalue weighted by Gasteiger charge is -2.22. The van der Waals surface area contributed by atoms with Gasteiger partial charge >= 0.3 is 5.97 Å². The largest absolute Gasteiger partial charge is 0.480 e. The summed E-state index contributed by atoms with van der Waals surface area (Å²) in [7, 11) is 0. The lowest BCUT2D eigenvalue weighted by Crippen LogP contribution is -2.40. The van der Waals surface area contributed by atoms with Gasteiger partial charge in [0.2, 0.25) is 0 Å². The van der Waals surface area contributed by atoms with Crippen molar-refractivity contribution in [2.24, 2.45) is 0 Å². The van der Waals surface area contributed by atoms with Crippen molar-refractivity contribution in [3.8, 4) is 11.1 Å². The number of aliphatic carboxylic acids is 1. The van der Waals surface area contributed by atoms with Gasteiger partial charge in [0.1, 0.15) is 6.04 Å². The summed E-state index contributed by atoms with van der Waals surface area (Å²) in [6.45, 7) is 2.15. The molecule has 0 saturated carbocycles. The van der Waals surface area contributed by atoms with E-state index >= 15 is 0 Å². The minimum Gasteiger partial charge on any atom is -0.480 e. The van der Waals surface area contributed by atoms with Crippen LogP contribution in [0.3, 0.4) is 0 Å². The van der Waals surface area contributed by atoms with Crippen molar-refractivity contribution in [3.63, 3.8) is 0 Å². The summed E-state index contributed by atoms with van der Waals surface area (Å²) >= 11 is 1.70. The van der Waals surface area contributed by atoms with E-state index in [1.165, 1.54) is 15.0 Å². The molecule has 4 rings (SSSR count). The SMILES string of the molecule is CC[C@@H](C(=O)O)N1Cc2cc(-c3csc4ccccc34)ccc2C1=O. The van der Waals surface area contributed by atoms with Crippen LogP contribution in [0.1, 0.15) is 29.3 Å². The molecule has 1 amide bonds. The molecule has 2 heterocycles. The molecule has 1 N–H and O–H groups in total. The van der Waals surface area contributed by atoms with E-state index in [1.807, 2.05) is 30.3 Å². The summed E-state index contributed by atoms with van der Waals surface area (Å²) in [5.41, 5.74) is 3.73. The Morgan fingerprint density at radius 3 is 2.80 bits per heavy atom. The molecule has 126 valence electrons. The molecule has 0 fully saturated rings. The summed E-state index contributed by atoms with van der Waals surface area (Å²) in [6, 6.07) is 13.3. The number of thiophene rings is 1. The van der Waals surface area contributed by atoms with Gasteiger partial charge < -0.3 is 10.0 Å². The zero-order chi connectivity index (χ0) is 17.6. The Balaban J connectivity index is 1.74. The Kier molecular flexibility index (Phi) is 3.81. The average Bonchev–Trinajstić information content (AvgIpc) is 3.17. The van der Waals surface area contributed by atoms with Crippen LogP contribution in [0, 0.1) is 0 Å². The topological polar surface area (TPSA) is 57.6 Å². The van der Waals surface area contributed by atoms with Gasteiger partial charge in [-0.25, -0.2) is 4.79 Å². The highest BCUT2D eigenvalue weighted by Crippen LogP contribution is 2.36. The lowest BCUT2D eigenvalue weighted by molar-refractivity contribution is -0.142. The third-order valence-electron chi connectivity index (χ3n) is 4.78. The van der Waals surface area contributed by atoms with Crippen molar-refractivity contribution < 1.29 is 14.7 Å². The van der Waals surface area contributed by atoms with E-state index in [2.05, 4.69) is 17.5 Å². The molecule has 25 heavy (non-hydrogen) atoms. The van der Waals surface area contributed by atoms with Crippen LogP contribution in [-0.2, 0) is 11.3 Å². The molecule has 0 saturated heterocycles. The minimum absolute atomic E-state index is 0.189. The Morgan fingerprint density at radius 1 is 1.24 bits per heavy atom. The van der Waals surface area contributed by atoms with E-state index in [4.69, 9.17) is 0 Å². The maximum absolute atomic E-state index is 12.6. The third kappa shape index (κ3) is 2.51. The second-order valence-corrected chi connectivity index (χ2v) is 7.12. The second-order valence-electron chi connectivity index (χ2n) is 6.21. The van der Waals surface area contributed by atoms with Crippen LogP contribution in [0.4, 0.5) is 0 Å². The highest BCUT2D eigenvalue weighted by molar-refractivity contribution is 7.17. The van der Waals surface area contributed by atoms with Crippen LogP contribution in [0.25, 0.3) is 21.2 Å². The number of hydrogen-bond donors (Lipinski definition) is 1. The van der Waals surface area contributed by atoms with Gasteiger partial charge in [0.15, 0.2) is 0 Å². The number of rotatable bonds is 4. The zero-order valence-corrected chi connectivity index (χ0v) is 14.5. The first-order valence-electron chi connectivity index (χ1n) is 8.23. The van der Waals surface area contributed by atoms with Crippen LogP contribution in [-0.4, -0.2) is 27.9 Å². The second kappa shape index (κ2) is 6.01. The lowest BCUT2D eigenvalue weighted by atomic mass is 10.00.